The molecule has 1 amide bonds. The molecule has 2 rings (SSSR count). The zero-order chi connectivity index (χ0) is 14.9. The highest BCUT2D eigenvalue weighted by Gasteiger charge is 2.34. The van der Waals surface area contributed by atoms with Crippen molar-refractivity contribution in [2.75, 3.05) is 17.2 Å². The minimum Gasteiger partial charge on any atom is -0.310 e. The van der Waals surface area contributed by atoms with Crippen LogP contribution in [0.2, 0.25) is 0 Å². The molecule has 0 bridgehead atoms. The van der Waals surface area contributed by atoms with Gasteiger partial charge in [-0.05, 0) is 31.5 Å². The van der Waals surface area contributed by atoms with Gasteiger partial charge in [0.15, 0.2) is 15.6 Å². The Morgan fingerprint density at radius 3 is 2.75 bits per heavy atom. The normalized spacial score (nSPS) is 16.6. The van der Waals surface area contributed by atoms with Crippen molar-refractivity contribution in [3.63, 3.8) is 0 Å². The van der Waals surface area contributed by atoms with Gasteiger partial charge in [0.25, 0.3) is 0 Å². The van der Waals surface area contributed by atoms with Crippen LogP contribution in [0.1, 0.15) is 23.7 Å². The van der Waals surface area contributed by atoms with Crippen LogP contribution in [-0.4, -0.2) is 32.4 Å². The molecule has 0 aliphatic carbocycles. The molecule has 106 valence electrons. The molecule has 0 atom stereocenters. The third-order valence-corrected chi connectivity index (χ3v) is 4.81. The molecule has 1 aliphatic heterocycles. The summed E-state index contributed by atoms with van der Waals surface area (Å²) < 4.78 is 24.1. The summed E-state index contributed by atoms with van der Waals surface area (Å²) in [6, 6.07) is 4.34. The van der Waals surface area contributed by atoms with E-state index >= 15 is 0 Å². The Hall–Kier alpha value is -1.95. The molecule has 0 aromatic heterocycles. The van der Waals surface area contributed by atoms with E-state index in [4.69, 9.17) is 0 Å². The number of anilines is 1. The molecule has 20 heavy (non-hydrogen) atoms. The first-order valence-corrected chi connectivity index (χ1v) is 7.81. The summed E-state index contributed by atoms with van der Waals surface area (Å²) in [7, 11) is -3.62. The average molecular weight is 293 g/mol. The van der Waals surface area contributed by atoms with E-state index in [0.717, 1.165) is 0 Å². The Bertz CT molecular complexity index is 691. The molecule has 5 nitrogen and oxygen atoms in total. The zero-order valence-electron chi connectivity index (χ0n) is 11.1. The fourth-order valence-corrected chi connectivity index (χ4v) is 3.53. The van der Waals surface area contributed by atoms with E-state index < -0.39 is 21.5 Å². The van der Waals surface area contributed by atoms with Crippen LogP contribution in [0.3, 0.4) is 0 Å². The van der Waals surface area contributed by atoms with E-state index in [0.29, 0.717) is 18.5 Å². The molecule has 0 saturated carbocycles. The topological polar surface area (TPSA) is 71.5 Å². The third kappa shape index (κ3) is 2.51. The van der Waals surface area contributed by atoms with Crippen LogP contribution < -0.4 is 4.90 Å². The number of carbonyl (C=O) groups is 2. The van der Waals surface area contributed by atoms with Crippen molar-refractivity contribution in [3.8, 4) is 0 Å². The molecule has 0 unspecified atom stereocenters. The SMILES string of the molecule is C=CCCN1C(=O)CS(=O)(=O)c2ccc(C(C)=O)cc21. The summed E-state index contributed by atoms with van der Waals surface area (Å²) in [6.45, 7) is 5.34. The largest absolute Gasteiger partial charge is 0.310 e. The Morgan fingerprint density at radius 1 is 1.45 bits per heavy atom. The number of fused-ring (bicyclic) bond motifs is 1. The summed E-state index contributed by atoms with van der Waals surface area (Å²) in [4.78, 5) is 24.9. The number of ketones is 1. The van der Waals surface area contributed by atoms with E-state index in [-0.39, 0.29) is 16.4 Å². The lowest BCUT2D eigenvalue weighted by Gasteiger charge is -2.29. The van der Waals surface area contributed by atoms with Crippen molar-refractivity contribution in [3.05, 3.63) is 36.4 Å². The fraction of sp³-hybridized carbons (Fsp3) is 0.286. The highest BCUT2D eigenvalue weighted by molar-refractivity contribution is 7.92. The van der Waals surface area contributed by atoms with Crippen LogP contribution in [0.15, 0.2) is 35.7 Å². The minimum atomic E-state index is -3.62. The maximum Gasteiger partial charge on any atom is 0.242 e. The molecule has 1 heterocycles. The second-order valence-corrected chi connectivity index (χ2v) is 6.58. The fourth-order valence-electron chi connectivity index (χ4n) is 2.13. The predicted molar refractivity (Wildman–Crippen MR) is 75.7 cm³/mol. The van der Waals surface area contributed by atoms with Crippen LogP contribution >= 0.6 is 0 Å². The van der Waals surface area contributed by atoms with E-state index in [2.05, 4.69) is 6.58 Å². The van der Waals surface area contributed by atoms with E-state index in [9.17, 15) is 18.0 Å². The lowest BCUT2D eigenvalue weighted by molar-refractivity contribution is -0.116. The summed E-state index contributed by atoms with van der Waals surface area (Å²) in [5.41, 5.74) is 0.674. The first-order chi connectivity index (χ1) is 9.36. The molecular weight excluding hydrogens is 278 g/mol. The van der Waals surface area contributed by atoms with Crippen molar-refractivity contribution < 1.29 is 18.0 Å². The van der Waals surface area contributed by atoms with Gasteiger partial charge in [0.05, 0.1) is 10.6 Å². The summed E-state index contributed by atoms with van der Waals surface area (Å²) in [5.74, 6) is -1.18. The van der Waals surface area contributed by atoms with Crippen molar-refractivity contribution in [2.45, 2.75) is 18.2 Å². The summed E-state index contributed by atoms with van der Waals surface area (Å²) in [6.07, 6.45) is 2.21. The van der Waals surface area contributed by atoms with Gasteiger partial charge in [0.2, 0.25) is 5.91 Å². The van der Waals surface area contributed by atoms with Crippen LogP contribution in [0.5, 0.6) is 0 Å². The molecule has 0 saturated heterocycles. The second kappa shape index (κ2) is 5.20. The van der Waals surface area contributed by atoms with Gasteiger partial charge in [-0.15, -0.1) is 6.58 Å². The number of hydrogen-bond donors (Lipinski definition) is 0. The lowest BCUT2D eigenvalue weighted by Crippen LogP contribution is -2.41. The van der Waals surface area contributed by atoms with Gasteiger partial charge in [0, 0.05) is 12.1 Å². The molecule has 1 aliphatic rings. The Kier molecular flexibility index (Phi) is 3.76. The quantitative estimate of drug-likeness (QED) is 0.624. The number of nitrogens with zero attached hydrogens (tertiary/aromatic N) is 1. The zero-order valence-corrected chi connectivity index (χ0v) is 11.9. The van der Waals surface area contributed by atoms with E-state index in [1.165, 1.54) is 30.0 Å². The van der Waals surface area contributed by atoms with Gasteiger partial charge < -0.3 is 4.90 Å². The molecule has 0 radical (unpaired) electrons. The first kappa shape index (κ1) is 14.5. The maximum atomic E-state index is 12.0. The van der Waals surface area contributed by atoms with Gasteiger partial charge >= 0.3 is 0 Å². The number of benzene rings is 1. The van der Waals surface area contributed by atoms with Gasteiger partial charge in [-0.2, -0.15) is 0 Å². The van der Waals surface area contributed by atoms with Gasteiger partial charge in [-0.25, -0.2) is 8.42 Å². The van der Waals surface area contributed by atoms with Crippen molar-refractivity contribution >= 4 is 27.2 Å². The third-order valence-electron chi connectivity index (χ3n) is 3.16. The number of Topliss-reactive ketones (excluding diaryl/α,β-unsaturated/α-hetero) is 1. The van der Waals surface area contributed by atoms with Crippen LogP contribution in [0, 0.1) is 0 Å². The predicted octanol–water partition coefficient (Wildman–Crippen LogP) is 1.59. The van der Waals surface area contributed by atoms with Crippen molar-refractivity contribution in [1.82, 2.24) is 0 Å². The Labute approximate surface area is 117 Å². The number of hydrogen-bond acceptors (Lipinski definition) is 4. The summed E-state index contributed by atoms with van der Waals surface area (Å²) in [5, 5.41) is 0. The maximum absolute atomic E-state index is 12.0. The smallest absolute Gasteiger partial charge is 0.242 e. The standard InChI is InChI=1S/C14H15NO4S/c1-3-4-7-15-12-8-11(10(2)16)5-6-13(12)20(18,19)9-14(15)17/h3,5-6,8H,1,4,7,9H2,2H3. The van der Waals surface area contributed by atoms with Gasteiger partial charge in [0.1, 0.15) is 5.75 Å². The Balaban J connectivity index is 2.60. The molecule has 0 fully saturated rings. The van der Waals surface area contributed by atoms with Gasteiger partial charge in [-0.1, -0.05) is 6.08 Å². The first-order valence-electron chi connectivity index (χ1n) is 6.16. The Morgan fingerprint density at radius 2 is 2.15 bits per heavy atom. The molecular formula is C14H15NO4S. The monoisotopic (exact) mass is 293 g/mol. The number of amides is 1. The minimum absolute atomic E-state index is 0.103. The number of sulfone groups is 1. The van der Waals surface area contributed by atoms with Crippen LogP contribution in [-0.2, 0) is 14.6 Å². The lowest BCUT2D eigenvalue weighted by atomic mass is 10.1. The molecule has 0 spiro atoms. The van der Waals surface area contributed by atoms with Crippen LogP contribution in [0.4, 0.5) is 5.69 Å². The van der Waals surface area contributed by atoms with E-state index in [1.54, 1.807) is 6.08 Å². The highest BCUT2D eigenvalue weighted by atomic mass is 32.2. The summed E-state index contributed by atoms with van der Waals surface area (Å²) >= 11 is 0. The second-order valence-electron chi connectivity index (χ2n) is 4.62. The highest BCUT2D eigenvalue weighted by Crippen LogP contribution is 2.32. The van der Waals surface area contributed by atoms with Crippen LogP contribution in [0.25, 0.3) is 0 Å². The molecule has 1 aromatic carbocycles. The van der Waals surface area contributed by atoms with E-state index in [1.807, 2.05) is 0 Å². The average Bonchev–Trinajstić information content (AvgIpc) is 2.37. The number of carbonyl (C=O) groups excluding carboxylic acids is 2. The molecule has 6 heteroatoms. The molecule has 1 aromatic rings. The van der Waals surface area contributed by atoms with Crippen molar-refractivity contribution in [1.29, 1.82) is 0 Å². The molecule has 0 N–H and O–H groups in total. The van der Waals surface area contributed by atoms with Gasteiger partial charge in [-0.3, -0.25) is 9.59 Å². The number of rotatable bonds is 4. The van der Waals surface area contributed by atoms with Crippen molar-refractivity contribution in [2.24, 2.45) is 0 Å².